The number of aliphatic carboxylic acids is 1. The summed E-state index contributed by atoms with van der Waals surface area (Å²) in [5, 5.41) is 29.8. The van der Waals surface area contributed by atoms with E-state index >= 15 is 0 Å². The number of ether oxygens (including phenoxy) is 1. The van der Waals surface area contributed by atoms with Crippen molar-refractivity contribution in [2.24, 2.45) is 0 Å². The number of phenols is 1. The zero-order valence-corrected chi connectivity index (χ0v) is 13.7. The largest absolute Gasteiger partial charge is 0.504 e. The van der Waals surface area contributed by atoms with E-state index in [4.69, 9.17) is 22.1 Å². The normalized spacial score (nSPS) is 15.9. The molecular weight excluding hydrogens is 360 g/mol. The Morgan fingerprint density at radius 3 is 2.75 bits per heavy atom. The van der Waals surface area contributed by atoms with Gasteiger partial charge in [-0.15, -0.1) is 0 Å². The van der Waals surface area contributed by atoms with E-state index in [-0.39, 0.29) is 32.0 Å². The average molecular weight is 370 g/mol. The molecule has 9 nitrogen and oxygen atoms in total. The lowest BCUT2D eigenvalue weighted by molar-refractivity contribution is -0.385. The number of carbonyl (C=O) groups excluding carboxylic acids is 1. The summed E-state index contributed by atoms with van der Waals surface area (Å²) in [4.78, 5) is 34.1. The maximum atomic E-state index is 12.2. The molecule has 1 saturated heterocycles. The van der Waals surface area contributed by atoms with Gasteiger partial charge in [-0.2, -0.15) is 0 Å². The number of non-ortho nitro benzene ring substituents is 1. The van der Waals surface area contributed by atoms with Crippen LogP contribution in [0.1, 0.15) is 5.56 Å². The molecule has 1 heterocycles. The third-order valence-corrected chi connectivity index (χ3v) is 4.35. The van der Waals surface area contributed by atoms with Crippen LogP contribution in [0.4, 0.5) is 5.69 Å². The molecular formula is C13H10N2O7S2. The van der Waals surface area contributed by atoms with E-state index in [1.807, 2.05) is 0 Å². The molecule has 0 aromatic heterocycles. The van der Waals surface area contributed by atoms with Gasteiger partial charge < -0.3 is 14.9 Å². The SMILES string of the molecule is COc1cc([N+](=O)[O-])cc(/C=C2/SC(=S)N(CC(=O)O)C2=O)c1O. The van der Waals surface area contributed by atoms with Gasteiger partial charge in [0.2, 0.25) is 0 Å². The lowest BCUT2D eigenvalue weighted by Gasteiger charge is -2.10. The van der Waals surface area contributed by atoms with Crippen LogP contribution in [-0.2, 0) is 9.59 Å². The molecule has 0 atom stereocenters. The summed E-state index contributed by atoms with van der Waals surface area (Å²) in [7, 11) is 1.23. The van der Waals surface area contributed by atoms with Gasteiger partial charge in [0.1, 0.15) is 10.9 Å². The Bertz CT molecular complexity index is 791. The molecule has 0 saturated carbocycles. The average Bonchev–Trinajstić information content (AvgIpc) is 2.76. The van der Waals surface area contributed by atoms with Crippen molar-refractivity contribution in [3.63, 3.8) is 0 Å². The van der Waals surface area contributed by atoms with E-state index in [0.717, 1.165) is 28.8 Å². The third kappa shape index (κ3) is 3.46. The van der Waals surface area contributed by atoms with Gasteiger partial charge in [-0.1, -0.05) is 24.0 Å². The number of aromatic hydroxyl groups is 1. The number of hydrogen-bond acceptors (Lipinski definition) is 8. The van der Waals surface area contributed by atoms with Crippen LogP contribution < -0.4 is 4.74 Å². The lowest BCUT2D eigenvalue weighted by Crippen LogP contribution is -2.33. The second kappa shape index (κ2) is 6.84. The molecule has 1 aliphatic rings. The van der Waals surface area contributed by atoms with E-state index in [0.29, 0.717) is 0 Å². The van der Waals surface area contributed by atoms with E-state index in [1.165, 1.54) is 13.2 Å². The molecule has 0 aliphatic carbocycles. The number of rotatable bonds is 5. The van der Waals surface area contributed by atoms with Crippen molar-refractivity contribution in [1.82, 2.24) is 4.90 Å². The monoisotopic (exact) mass is 370 g/mol. The van der Waals surface area contributed by atoms with Gasteiger partial charge in [0.05, 0.1) is 23.0 Å². The van der Waals surface area contributed by atoms with E-state index in [2.05, 4.69) is 0 Å². The molecule has 1 fully saturated rings. The number of carboxylic acid groups (broad SMARTS) is 1. The summed E-state index contributed by atoms with van der Waals surface area (Å²) in [6.45, 7) is -0.591. The number of nitro groups is 1. The van der Waals surface area contributed by atoms with Gasteiger partial charge >= 0.3 is 5.97 Å². The highest BCUT2D eigenvalue weighted by molar-refractivity contribution is 8.26. The predicted molar refractivity (Wildman–Crippen MR) is 88.8 cm³/mol. The molecule has 1 amide bonds. The number of nitro benzene ring substituents is 1. The highest BCUT2D eigenvalue weighted by Crippen LogP contribution is 2.39. The van der Waals surface area contributed by atoms with Crippen LogP contribution in [0.25, 0.3) is 6.08 Å². The van der Waals surface area contributed by atoms with Crippen molar-refractivity contribution in [3.05, 3.63) is 32.7 Å². The number of nitrogens with zero attached hydrogens (tertiary/aromatic N) is 2. The van der Waals surface area contributed by atoms with Crippen molar-refractivity contribution in [2.75, 3.05) is 13.7 Å². The molecule has 1 aromatic rings. The molecule has 0 bridgehead atoms. The first-order chi connectivity index (χ1) is 11.2. The Labute approximate surface area is 144 Å². The van der Waals surface area contributed by atoms with Crippen LogP contribution >= 0.6 is 24.0 Å². The number of phenolic OH excluding ortho intramolecular Hbond substituents is 1. The predicted octanol–water partition coefficient (Wildman–Crippen LogP) is 1.59. The number of hydrogen-bond donors (Lipinski definition) is 2. The zero-order valence-electron chi connectivity index (χ0n) is 12.1. The molecule has 2 N–H and O–H groups in total. The number of methoxy groups -OCH3 is 1. The van der Waals surface area contributed by atoms with Gasteiger partial charge in [0, 0.05) is 11.6 Å². The second-order valence-corrected chi connectivity index (χ2v) is 6.18. The van der Waals surface area contributed by atoms with Crippen LogP contribution in [-0.4, -0.2) is 49.9 Å². The lowest BCUT2D eigenvalue weighted by atomic mass is 10.1. The first kappa shape index (κ1) is 17.7. The Morgan fingerprint density at radius 1 is 1.54 bits per heavy atom. The number of carbonyl (C=O) groups is 2. The molecule has 11 heteroatoms. The molecule has 0 spiro atoms. The van der Waals surface area contributed by atoms with Crippen molar-refractivity contribution in [3.8, 4) is 11.5 Å². The second-order valence-electron chi connectivity index (χ2n) is 4.50. The fourth-order valence-corrected chi connectivity index (χ4v) is 3.14. The third-order valence-electron chi connectivity index (χ3n) is 2.97. The van der Waals surface area contributed by atoms with Crippen molar-refractivity contribution >= 4 is 51.9 Å². The number of benzene rings is 1. The maximum Gasteiger partial charge on any atom is 0.323 e. The van der Waals surface area contributed by atoms with Gasteiger partial charge in [0.15, 0.2) is 11.5 Å². The van der Waals surface area contributed by atoms with Crippen molar-refractivity contribution in [1.29, 1.82) is 0 Å². The number of amides is 1. The number of carboxylic acids is 1. The molecule has 1 aromatic carbocycles. The minimum Gasteiger partial charge on any atom is -0.504 e. The molecule has 24 heavy (non-hydrogen) atoms. The number of thiocarbonyl (C=S) groups is 1. The Hall–Kier alpha value is -2.66. The topological polar surface area (TPSA) is 130 Å². The first-order valence-corrected chi connectivity index (χ1v) is 7.49. The summed E-state index contributed by atoms with van der Waals surface area (Å²) in [5.74, 6) is -2.40. The minimum atomic E-state index is -1.23. The number of thioether (sulfide) groups is 1. The molecule has 126 valence electrons. The Kier molecular flexibility index (Phi) is 5.04. The van der Waals surface area contributed by atoms with E-state index < -0.39 is 23.3 Å². The molecule has 0 unspecified atom stereocenters. The van der Waals surface area contributed by atoms with Gasteiger partial charge in [-0.25, -0.2) is 0 Å². The summed E-state index contributed by atoms with van der Waals surface area (Å²) in [5.41, 5.74) is -0.353. The summed E-state index contributed by atoms with van der Waals surface area (Å²) >= 11 is 5.79. The Balaban J connectivity index is 2.46. The minimum absolute atomic E-state index is 0.0168. The summed E-state index contributed by atoms with van der Waals surface area (Å²) in [6, 6.07) is 2.11. The van der Waals surface area contributed by atoms with E-state index in [1.54, 1.807) is 0 Å². The van der Waals surface area contributed by atoms with Crippen LogP contribution in [0, 0.1) is 10.1 Å². The standard InChI is InChI=1S/C13H10N2O7S2/c1-22-8-4-7(15(20)21)2-6(11(8)18)3-9-12(19)14(5-10(16)17)13(23)24-9/h2-4,18H,5H2,1H3,(H,16,17)/b9-3+. The smallest absolute Gasteiger partial charge is 0.323 e. The fraction of sp³-hybridized carbons (Fsp3) is 0.154. The van der Waals surface area contributed by atoms with Gasteiger partial charge in [-0.05, 0) is 6.08 Å². The van der Waals surface area contributed by atoms with Crippen LogP contribution in [0.3, 0.4) is 0 Å². The first-order valence-electron chi connectivity index (χ1n) is 6.27. The van der Waals surface area contributed by atoms with Crippen LogP contribution in [0.15, 0.2) is 17.0 Å². The summed E-state index contributed by atoms with van der Waals surface area (Å²) in [6.07, 6.45) is 1.20. The summed E-state index contributed by atoms with van der Waals surface area (Å²) < 4.78 is 4.92. The maximum absolute atomic E-state index is 12.2. The highest BCUT2D eigenvalue weighted by Gasteiger charge is 2.33. The van der Waals surface area contributed by atoms with Crippen LogP contribution in [0.2, 0.25) is 0 Å². The van der Waals surface area contributed by atoms with Crippen molar-refractivity contribution < 1.29 is 29.5 Å². The zero-order chi connectivity index (χ0) is 18.0. The van der Waals surface area contributed by atoms with E-state index in [9.17, 15) is 24.8 Å². The quantitative estimate of drug-likeness (QED) is 0.343. The fourth-order valence-electron chi connectivity index (χ4n) is 1.90. The van der Waals surface area contributed by atoms with Gasteiger partial charge in [-0.3, -0.25) is 24.6 Å². The highest BCUT2D eigenvalue weighted by atomic mass is 32.2. The van der Waals surface area contributed by atoms with Crippen molar-refractivity contribution in [2.45, 2.75) is 0 Å². The van der Waals surface area contributed by atoms with Crippen LogP contribution in [0.5, 0.6) is 11.5 Å². The molecule has 1 aliphatic heterocycles. The van der Waals surface area contributed by atoms with Gasteiger partial charge in [0.25, 0.3) is 11.6 Å². The molecule has 2 rings (SSSR count). The molecule has 0 radical (unpaired) electrons. The Morgan fingerprint density at radius 2 is 2.21 bits per heavy atom.